The summed E-state index contributed by atoms with van der Waals surface area (Å²) in [5, 5.41) is 3.33. The highest BCUT2D eigenvalue weighted by atomic mass is 35.5. The van der Waals surface area contributed by atoms with Gasteiger partial charge in [0.15, 0.2) is 22.8 Å². The molecule has 0 atom stereocenters. The van der Waals surface area contributed by atoms with E-state index in [4.69, 9.17) is 27.6 Å². The number of rotatable bonds is 5. The summed E-state index contributed by atoms with van der Waals surface area (Å²) in [6.07, 6.45) is -3.59. The van der Waals surface area contributed by atoms with Crippen molar-refractivity contribution in [3.05, 3.63) is 65.1 Å². The molecule has 3 aromatic heterocycles. The number of nitrogens with zero attached hydrogens (tertiary/aromatic N) is 4. The Hall–Kier alpha value is -3.38. The predicted octanol–water partition coefficient (Wildman–Crippen LogP) is 6.11. The third-order valence-electron chi connectivity index (χ3n) is 4.56. The number of hydrogen-bond donors (Lipinski definition) is 0. The maximum absolute atomic E-state index is 13.7. The van der Waals surface area contributed by atoms with E-state index in [1.807, 2.05) is 0 Å². The molecule has 1 amide bonds. The Morgan fingerprint density at radius 2 is 1.82 bits per heavy atom. The van der Waals surface area contributed by atoms with Crippen molar-refractivity contribution in [3.8, 4) is 17.2 Å². The van der Waals surface area contributed by atoms with E-state index in [2.05, 4.69) is 14.8 Å². The minimum absolute atomic E-state index is 0.0556. The van der Waals surface area contributed by atoms with Crippen LogP contribution in [0.3, 0.4) is 0 Å². The molecule has 0 radical (unpaired) electrons. The molecular formula is C20H11Cl2F5N4O3. The molecule has 4 aromatic rings. The van der Waals surface area contributed by atoms with Crippen LogP contribution in [0.15, 0.2) is 53.1 Å². The average Bonchev–Trinajstić information content (AvgIpc) is 3.39. The normalized spacial score (nSPS) is 12.2. The Morgan fingerprint density at radius 3 is 2.38 bits per heavy atom. The maximum Gasteiger partial charge on any atom is 0.487 e. The van der Waals surface area contributed by atoms with Gasteiger partial charge >= 0.3 is 11.7 Å². The first-order valence-electron chi connectivity index (χ1n) is 9.19. The van der Waals surface area contributed by atoms with Gasteiger partial charge in [0.2, 0.25) is 0 Å². The van der Waals surface area contributed by atoms with Gasteiger partial charge in [0.1, 0.15) is 16.5 Å². The topological polar surface area (TPSA) is 72.9 Å². The number of furan rings is 1. The van der Waals surface area contributed by atoms with Crippen molar-refractivity contribution in [2.24, 2.45) is 0 Å². The van der Waals surface area contributed by atoms with Crippen LogP contribution in [0.5, 0.6) is 5.75 Å². The van der Waals surface area contributed by atoms with Crippen molar-refractivity contribution in [2.45, 2.75) is 11.7 Å². The van der Waals surface area contributed by atoms with Gasteiger partial charge in [0, 0.05) is 24.3 Å². The first-order chi connectivity index (χ1) is 15.8. The quantitative estimate of drug-likeness (QED) is 0.234. The number of fused-ring (bicyclic) bond motifs is 1. The molecule has 0 saturated heterocycles. The summed E-state index contributed by atoms with van der Waals surface area (Å²) in [7, 11) is 1.29. The lowest BCUT2D eigenvalue weighted by molar-refractivity contribution is -0.142. The fraction of sp³-hybridized carbons (Fsp3) is 0.150. The molecule has 0 spiro atoms. The summed E-state index contributed by atoms with van der Waals surface area (Å²) >= 11 is 10.9. The summed E-state index contributed by atoms with van der Waals surface area (Å²) in [5.74, 6) is -1.10. The van der Waals surface area contributed by atoms with Crippen LogP contribution < -0.4 is 9.64 Å². The number of carbonyl (C=O) groups is 1. The van der Waals surface area contributed by atoms with Gasteiger partial charge < -0.3 is 14.1 Å². The molecule has 0 fully saturated rings. The number of amides is 1. The number of aromatic nitrogens is 3. The van der Waals surface area contributed by atoms with Crippen LogP contribution in [-0.2, 0) is 6.18 Å². The van der Waals surface area contributed by atoms with E-state index in [-0.39, 0.29) is 22.9 Å². The molecular weight excluding hydrogens is 510 g/mol. The first kappa shape index (κ1) is 23.8. The second-order valence-corrected chi connectivity index (χ2v) is 7.62. The molecule has 0 saturated carbocycles. The van der Waals surface area contributed by atoms with Crippen LogP contribution in [-0.4, -0.2) is 33.1 Å². The second-order valence-electron chi connectivity index (χ2n) is 6.81. The molecule has 14 heteroatoms. The summed E-state index contributed by atoms with van der Waals surface area (Å²) in [5.41, 5.74) is -6.05. The molecule has 0 N–H and O–H groups in total. The highest BCUT2D eigenvalue weighted by Crippen LogP contribution is 2.35. The number of anilines is 1. The summed E-state index contributed by atoms with van der Waals surface area (Å²) < 4.78 is 76.4. The lowest BCUT2D eigenvalue weighted by atomic mass is 10.2. The van der Waals surface area contributed by atoms with Gasteiger partial charge in [0.25, 0.3) is 5.91 Å². The molecule has 0 aliphatic rings. The Bertz CT molecular complexity index is 1350. The van der Waals surface area contributed by atoms with Crippen molar-refractivity contribution in [3.63, 3.8) is 0 Å². The van der Waals surface area contributed by atoms with Crippen molar-refractivity contribution in [2.75, 3.05) is 11.9 Å². The number of benzene rings is 1. The summed E-state index contributed by atoms with van der Waals surface area (Å²) in [6, 6.07) is 8.37. The van der Waals surface area contributed by atoms with Gasteiger partial charge in [-0.3, -0.25) is 4.79 Å². The SMILES string of the molecule is CN(C(=O)c1nn2c(C(F)(F)F)cc(-c3ccco3)nc2c1Cl)c1ccc(OC(F)(F)Cl)cc1. The highest BCUT2D eigenvalue weighted by molar-refractivity contribution is 6.37. The monoisotopic (exact) mass is 520 g/mol. The van der Waals surface area contributed by atoms with Crippen LogP contribution in [0.25, 0.3) is 17.1 Å². The average molecular weight is 521 g/mol. The van der Waals surface area contributed by atoms with E-state index in [0.29, 0.717) is 4.52 Å². The lowest BCUT2D eigenvalue weighted by Crippen LogP contribution is -2.27. The molecule has 0 unspecified atom stereocenters. The van der Waals surface area contributed by atoms with Gasteiger partial charge in [0.05, 0.1) is 6.26 Å². The Balaban J connectivity index is 1.74. The van der Waals surface area contributed by atoms with Crippen LogP contribution in [0.4, 0.5) is 27.6 Å². The number of carbonyl (C=O) groups excluding carboxylic acids is 1. The fourth-order valence-electron chi connectivity index (χ4n) is 3.03. The maximum atomic E-state index is 13.7. The summed E-state index contributed by atoms with van der Waals surface area (Å²) in [4.78, 5) is 18.1. The van der Waals surface area contributed by atoms with Crippen LogP contribution in [0.1, 0.15) is 16.2 Å². The van der Waals surface area contributed by atoms with Gasteiger partial charge in [-0.05, 0) is 42.5 Å². The minimum Gasteiger partial charge on any atom is -0.463 e. The number of ether oxygens (including phenoxy) is 1. The predicted molar refractivity (Wildman–Crippen MR) is 111 cm³/mol. The molecule has 178 valence electrons. The van der Waals surface area contributed by atoms with Crippen molar-refractivity contribution in [1.82, 2.24) is 14.6 Å². The number of halogens is 7. The van der Waals surface area contributed by atoms with Crippen molar-refractivity contribution < 1.29 is 35.9 Å². The Labute approximate surface area is 197 Å². The summed E-state index contributed by atoms with van der Waals surface area (Å²) in [6.45, 7) is 0. The molecule has 1 aromatic carbocycles. The standard InChI is InChI=1S/C20H11Cl2F5N4O3/c1-30(10-4-6-11(7-5-10)34-20(22,26)27)18(32)16-15(21)17-28-12(13-3-2-8-33-13)9-14(19(23,24)25)31(17)29-16/h2-9H,1H3. The fourth-order valence-corrected chi connectivity index (χ4v) is 3.36. The second kappa shape index (κ2) is 8.44. The van der Waals surface area contributed by atoms with Gasteiger partial charge in [-0.2, -0.15) is 18.3 Å². The van der Waals surface area contributed by atoms with Crippen LogP contribution in [0.2, 0.25) is 5.02 Å². The third-order valence-corrected chi connectivity index (χ3v) is 4.99. The first-order valence-corrected chi connectivity index (χ1v) is 9.95. The van der Waals surface area contributed by atoms with E-state index < -0.39 is 39.7 Å². The highest BCUT2D eigenvalue weighted by Gasteiger charge is 2.37. The Kier molecular flexibility index (Phi) is 5.90. The largest absolute Gasteiger partial charge is 0.487 e. The van der Waals surface area contributed by atoms with Crippen LogP contribution in [0, 0.1) is 0 Å². The lowest BCUT2D eigenvalue weighted by Gasteiger charge is -2.17. The Morgan fingerprint density at radius 1 is 1.15 bits per heavy atom. The molecule has 34 heavy (non-hydrogen) atoms. The van der Waals surface area contributed by atoms with E-state index >= 15 is 0 Å². The molecule has 0 bridgehead atoms. The molecule has 0 aliphatic carbocycles. The van der Waals surface area contributed by atoms with E-state index in [1.165, 1.54) is 37.6 Å². The zero-order valence-electron chi connectivity index (χ0n) is 16.8. The zero-order chi connectivity index (χ0) is 24.8. The third kappa shape index (κ3) is 4.64. The van der Waals surface area contributed by atoms with E-state index in [1.54, 1.807) is 0 Å². The number of alkyl halides is 6. The van der Waals surface area contributed by atoms with E-state index in [0.717, 1.165) is 23.1 Å². The number of hydrogen-bond acceptors (Lipinski definition) is 5. The smallest absolute Gasteiger partial charge is 0.463 e. The van der Waals surface area contributed by atoms with Gasteiger partial charge in [-0.15, -0.1) is 8.78 Å². The van der Waals surface area contributed by atoms with Gasteiger partial charge in [-0.1, -0.05) is 11.6 Å². The molecule has 7 nitrogen and oxygen atoms in total. The van der Waals surface area contributed by atoms with Crippen LogP contribution >= 0.6 is 23.2 Å². The molecule has 3 heterocycles. The van der Waals surface area contributed by atoms with Crippen molar-refractivity contribution in [1.29, 1.82) is 0 Å². The van der Waals surface area contributed by atoms with Crippen molar-refractivity contribution >= 4 is 40.4 Å². The van der Waals surface area contributed by atoms with E-state index in [9.17, 15) is 26.7 Å². The zero-order valence-corrected chi connectivity index (χ0v) is 18.3. The molecule has 0 aliphatic heterocycles. The minimum atomic E-state index is -4.86. The van der Waals surface area contributed by atoms with Gasteiger partial charge in [-0.25, -0.2) is 9.50 Å². The molecule has 4 rings (SSSR count).